The van der Waals surface area contributed by atoms with Crippen LogP contribution in [0, 0.1) is 6.92 Å². The second-order valence-electron chi connectivity index (χ2n) is 7.96. The summed E-state index contributed by atoms with van der Waals surface area (Å²) in [6.07, 6.45) is 5.39. The second kappa shape index (κ2) is 8.28. The Morgan fingerprint density at radius 1 is 0.970 bits per heavy atom. The minimum atomic E-state index is -3.03. The van der Waals surface area contributed by atoms with Gasteiger partial charge in [0, 0.05) is 47.8 Å². The third-order valence-corrected chi connectivity index (χ3v) is 7.23. The number of rotatable bonds is 4. The van der Waals surface area contributed by atoms with Crippen molar-refractivity contribution < 1.29 is 13.2 Å². The lowest BCUT2D eigenvalue weighted by atomic mass is 10.1. The molecule has 0 spiro atoms. The summed E-state index contributed by atoms with van der Waals surface area (Å²) < 4.78 is 25.2. The van der Waals surface area contributed by atoms with Gasteiger partial charge in [0.2, 0.25) is 5.95 Å². The lowest BCUT2D eigenvalue weighted by Crippen LogP contribution is -2.43. The smallest absolute Gasteiger partial charge is 0.253 e. The topological polar surface area (TPSA) is 110 Å². The zero-order chi connectivity index (χ0) is 23.0. The summed E-state index contributed by atoms with van der Waals surface area (Å²) in [7, 11) is -3.03. The highest BCUT2D eigenvalue weighted by Crippen LogP contribution is 2.22. The number of nitrogens with one attached hydrogen (secondary N) is 1. The quantitative estimate of drug-likeness (QED) is 0.496. The van der Waals surface area contributed by atoms with Crippen LogP contribution in [-0.2, 0) is 9.84 Å². The van der Waals surface area contributed by atoms with Gasteiger partial charge in [-0.3, -0.25) is 9.78 Å². The molecule has 3 aromatic heterocycles. The first-order valence-corrected chi connectivity index (χ1v) is 12.3. The molecular weight excluding hydrogens is 440 g/mol. The van der Waals surface area contributed by atoms with Crippen LogP contribution in [-0.4, -0.2) is 63.3 Å². The average Bonchev–Trinajstić information content (AvgIpc) is 3.23. The van der Waals surface area contributed by atoms with E-state index in [-0.39, 0.29) is 30.5 Å². The number of nitrogens with zero attached hydrogens (tertiary/aromatic N) is 5. The Labute approximate surface area is 191 Å². The van der Waals surface area contributed by atoms with Gasteiger partial charge < -0.3 is 14.8 Å². The number of amides is 1. The SMILES string of the molecule is Cc1ccc(Nc2ncc3ccn(-c4ccc(C(=O)N5CCS(=O)(=O)CC5)cc4)c3n2)cn1. The van der Waals surface area contributed by atoms with Gasteiger partial charge in [-0.2, -0.15) is 4.98 Å². The summed E-state index contributed by atoms with van der Waals surface area (Å²) in [5, 5.41) is 4.05. The van der Waals surface area contributed by atoms with Crippen LogP contribution in [0.5, 0.6) is 0 Å². The van der Waals surface area contributed by atoms with E-state index in [1.807, 2.05) is 48.0 Å². The molecule has 0 unspecified atom stereocenters. The summed E-state index contributed by atoms with van der Waals surface area (Å²) in [5.41, 5.74) is 3.83. The maximum absolute atomic E-state index is 12.8. The van der Waals surface area contributed by atoms with Gasteiger partial charge in [-0.25, -0.2) is 13.4 Å². The second-order valence-corrected chi connectivity index (χ2v) is 10.3. The number of benzene rings is 1. The minimum absolute atomic E-state index is 0.0148. The Hall–Kier alpha value is -3.79. The van der Waals surface area contributed by atoms with Crippen LogP contribution in [0.1, 0.15) is 16.1 Å². The Morgan fingerprint density at radius 3 is 2.42 bits per heavy atom. The summed E-state index contributed by atoms with van der Waals surface area (Å²) >= 11 is 0. The van der Waals surface area contributed by atoms with Crippen molar-refractivity contribution in [2.75, 3.05) is 29.9 Å². The van der Waals surface area contributed by atoms with Gasteiger partial charge in [-0.15, -0.1) is 0 Å². The Balaban J connectivity index is 1.37. The van der Waals surface area contributed by atoms with E-state index < -0.39 is 9.84 Å². The lowest BCUT2D eigenvalue weighted by Gasteiger charge is -2.26. The van der Waals surface area contributed by atoms with Gasteiger partial charge in [-0.05, 0) is 49.4 Å². The van der Waals surface area contributed by atoms with Crippen LogP contribution < -0.4 is 5.32 Å². The van der Waals surface area contributed by atoms with Crippen LogP contribution in [0.3, 0.4) is 0 Å². The number of fused-ring (bicyclic) bond motifs is 1. The predicted octanol–water partition coefficient (Wildman–Crippen LogP) is 2.74. The monoisotopic (exact) mass is 462 g/mol. The molecule has 1 amide bonds. The molecule has 0 saturated carbocycles. The maximum Gasteiger partial charge on any atom is 0.253 e. The van der Waals surface area contributed by atoms with Crippen LogP contribution >= 0.6 is 0 Å². The average molecular weight is 463 g/mol. The Bertz CT molecular complexity index is 1420. The normalized spacial score (nSPS) is 15.5. The summed E-state index contributed by atoms with van der Waals surface area (Å²) in [4.78, 5) is 27.6. The van der Waals surface area contributed by atoms with E-state index in [0.717, 1.165) is 28.1 Å². The van der Waals surface area contributed by atoms with Gasteiger partial charge in [0.1, 0.15) is 5.65 Å². The number of carbonyl (C=O) groups excluding carboxylic acids is 1. The van der Waals surface area contributed by atoms with Crippen molar-refractivity contribution in [2.45, 2.75) is 6.92 Å². The molecule has 1 aliphatic rings. The van der Waals surface area contributed by atoms with E-state index >= 15 is 0 Å². The molecule has 33 heavy (non-hydrogen) atoms. The van der Waals surface area contributed by atoms with Gasteiger partial charge in [0.05, 0.1) is 23.4 Å². The highest BCUT2D eigenvalue weighted by atomic mass is 32.2. The third-order valence-electron chi connectivity index (χ3n) is 5.62. The fourth-order valence-electron chi connectivity index (χ4n) is 3.72. The van der Waals surface area contributed by atoms with E-state index in [1.165, 1.54) is 0 Å². The molecule has 4 heterocycles. The van der Waals surface area contributed by atoms with Crippen molar-refractivity contribution in [2.24, 2.45) is 0 Å². The first-order valence-electron chi connectivity index (χ1n) is 10.5. The standard InChI is InChI=1S/C23H22N6O3S/c1-16-2-5-19(15-24-16)26-23-25-14-18-8-9-29(21(18)27-23)20-6-3-17(4-7-20)22(30)28-10-12-33(31,32)13-11-28/h2-9,14-15H,10-13H2,1H3,(H,25,26,27). The molecule has 0 atom stereocenters. The van der Waals surface area contributed by atoms with Crippen molar-refractivity contribution in [1.82, 2.24) is 24.4 Å². The number of anilines is 2. The fourth-order valence-corrected chi connectivity index (χ4v) is 4.92. The molecule has 0 aliphatic carbocycles. The molecule has 9 nitrogen and oxygen atoms in total. The third kappa shape index (κ3) is 4.42. The maximum atomic E-state index is 12.8. The molecule has 4 aromatic rings. The van der Waals surface area contributed by atoms with Gasteiger partial charge in [0.15, 0.2) is 9.84 Å². The van der Waals surface area contributed by atoms with E-state index in [4.69, 9.17) is 0 Å². The molecule has 1 fully saturated rings. The highest BCUT2D eigenvalue weighted by molar-refractivity contribution is 7.91. The number of aryl methyl sites for hydroxylation is 1. The molecule has 1 aromatic carbocycles. The summed E-state index contributed by atoms with van der Waals surface area (Å²) in [5.74, 6) is 0.330. The molecule has 168 valence electrons. The number of aromatic nitrogens is 4. The van der Waals surface area contributed by atoms with Crippen LogP contribution in [0.2, 0.25) is 0 Å². The molecule has 5 rings (SSSR count). The number of pyridine rings is 1. The van der Waals surface area contributed by atoms with Crippen molar-refractivity contribution >= 4 is 38.4 Å². The number of hydrogen-bond donors (Lipinski definition) is 1. The Morgan fingerprint density at radius 2 is 1.73 bits per heavy atom. The largest absolute Gasteiger partial charge is 0.337 e. The van der Waals surface area contributed by atoms with Gasteiger partial charge in [0.25, 0.3) is 5.91 Å². The van der Waals surface area contributed by atoms with Crippen molar-refractivity contribution in [3.8, 4) is 5.69 Å². The van der Waals surface area contributed by atoms with Crippen molar-refractivity contribution in [3.63, 3.8) is 0 Å². The van der Waals surface area contributed by atoms with Gasteiger partial charge in [-0.1, -0.05) is 0 Å². The van der Waals surface area contributed by atoms with Crippen molar-refractivity contribution in [1.29, 1.82) is 0 Å². The van der Waals surface area contributed by atoms with E-state index in [0.29, 0.717) is 11.5 Å². The molecule has 0 bridgehead atoms. The molecule has 0 radical (unpaired) electrons. The minimum Gasteiger partial charge on any atom is -0.337 e. The van der Waals surface area contributed by atoms with Crippen molar-refractivity contribution in [3.05, 3.63) is 72.3 Å². The lowest BCUT2D eigenvalue weighted by molar-refractivity contribution is 0.0770. The first kappa shape index (κ1) is 21.1. The Kier molecular flexibility index (Phi) is 5.29. The predicted molar refractivity (Wildman–Crippen MR) is 126 cm³/mol. The molecular formula is C23H22N6O3S. The summed E-state index contributed by atoms with van der Waals surface area (Å²) in [6.45, 7) is 2.39. The number of sulfone groups is 1. The van der Waals surface area contributed by atoms with Crippen LogP contribution in [0.15, 0.2) is 61.1 Å². The number of hydrogen-bond acceptors (Lipinski definition) is 7. The molecule has 10 heteroatoms. The van der Waals surface area contributed by atoms with Gasteiger partial charge >= 0.3 is 0 Å². The zero-order valence-corrected chi connectivity index (χ0v) is 18.8. The zero-order valence-electron chi connectivity index (χ0n) is 18.0. The molecule has 1 aliphatic heterocycles. The van der Waals surface area contributed by atoms with E-state index in [1.54, 1.807) is 29.4 Å². The highest BCUT2D eigenvalue weighted by Gasteiger charge is 2.25. The van der Waals surface area contributed by atoms with Crippen LogP contribution in [0.4, 0.5) is 11.6 Å². The molecule has 1 N–H and O–H groups in total. The molecule has 1 saturated heterocycles. The van der Waals surface area contributed by atoms with E-state index in [2.05, 4.69) is 20.3 Å². The summed E-state index contributed by atoms with van der Waals surface area (Å²) in [6, 6.07) is 13.0. The van der Waals surface area contributed by atoms with Crippen LogP contribution in [0.25, 0.3) is 16.7 Å². The number of carbonyl (C=O) groups is 1. The first-order chi connectivity index (χ1) is 15.9. The fraction of sp³-hybridized carbons (Fsp3) is 0.217. The van der Waals surface area contributed by atoms with E-state index in [9.17, 15) is 13.2 Å².